The Morgan fingerprint density at radius 1 is 1.11 bits per heavy atom. The van der Waals surface area contributed by atoms with E-state index >= 15 is 4.39 Å². The fraction of sp³-hybridized carbons (Fsp3) is 0.259. The summed E-state index contributed by atoms with van der Waals surface area (Å²) >= 11 is 6.15. The largest absolute Gasteiger partial charge is 0.384 e. The van der Waals surface area contributed by atoms with Gasteiger partial charge < -0.3 is 20.6 Å². The lowest BCUT2D eigenvalue weighted by atomic mass is 9.88. The number of anilines is 1. The number of aromatic nitrogens is 4. The Labute approximate surface area is 219 Å². The number of nitrogen functional groups attached to an aromatic ring is 1. The molecule has 1 spiro atoms. The number of H-pyrrole nitrogens is 1. The number of carbonyl (C=O) groups excluding carboxylic acids is 1. The van der Waals surface area contributed by atoms with Gasteiger partial charge >= 0.3 is 0 Å². The number of nitrogens with two attached hydrogens (primary N) is 1. The molecule has 3 aliphatic rings. The lowest BCUT2D eigenvalue weighted by Gasteiger charge is -2.27. The summed E-state index contributed by atoms with van der Waals surface area (Å²) < 4.78 is 31.4. The molecule has 4 aromatic rings. The van der Waals surface area contributed by atoms with Crippen molar-refractivity contribution in [2.24, 2.45) is 0 Å². The van der Waals surface area contributed by atoms with Crippen molar-refractivity contribution in [1.82, 2.24) is 24.8 Å². The first kappa shape index (κ1) is 23.1. The van der Waals surface area contributed by atoms with Gasteiger partial charge in [0, 0.05) is 28.4 Å². The molecular formula is C27H21ClF2N6O2. The number of nitrogens with zero attached hydrogens (tertiary/aromatic N) is 3. The van der Waals surface area contributed by atoms with Gasteiger partial charge in [-0.15, -0.1) is 0 Å². The molecule has 0 bridgehead atoms. The summed E-state index contributed by atoms with van der Waals surface area (Å²) in [6.07, 6.45) is 4.40. The van der Waals surface area contributed by atoms with Crippen LogP contribution in [0.4, 0.5) is 14.6 Å². The second kappa shape index (κ2) is 7.97. The number of imidazole rings is 1. The number of aromatic amines is 1. The van der Waals surface area contributed by atoms with Crippen LogP contribution in [0, 0.1) is 11.8 Å². The number of hydrogen-bond donors (Lipinski definition) is 3. The first-order chi connectivity index (χ1) is 18.2. The zero-order valence-electron chi connectivity index (χ0n) is 19.9. The third-order valence-corrected chi connectivity index (χ3v) is 8.12. The summed E-state index contributed by atoms with van der Waals surface area (Å²) in [5.74, 6) is -1.21. The highest BCUT2D eigenvalue weighted by molar-refractivity contribution is 6.31. The van der Waals surface area contributed by atoms with Gasteiger partial charge in [-0.25, -0.2) is 14.4 Å². The van der Waals surface area contributed by atoms with Gasteiger partial charge in [-0.1, -0.05) is 17.7 Å². The smallest absolute Gasteiger partial charge is 0.254 e. The Kier molecular flexibility index (Phi) is 4.85. The summed E-state index contributed by atoms with van der Waals surface area (Å²) in [4.78, 5) is 38.3. The van der Waals surface area contributed by atoms with E-state index in [0.717, 1.165) is 12.8 Å². The van der Waals surface area contributed by atoms with Gasteiger partial charge in [-0.3, -0.25) is 9.59 Å². The van der Waals surface area contributed by atoms with Crippen LogP contribution >= 0.6 is 11.6 Å². The molecule has 1 atom stereocenters. The molecule has 2 aliphatic heterocycles. The average molecular weight is 535 g/mol. The van der Waals surface area contributed by atoms with Crippen LogP contribution in [0.3, 0.4) is 0 Å². The molecule has 1 aromatic carbocycles. The monoisotopic (exact) mass is 534 g/mol. The summed E-state index contributed by atoms with van der Waals surface area (Å²) in [7, 11) is 0. The minimum atomic E-state index is -0.740. The lowest BCUT2D eigenvalue weighted by Crippen LogP contribution is -2.41. The lowest BCUT2D eigenvalue weighted by molar-refractivity contribution is 0.0929. The Hall–Kier alpha value is -4.05. The Balaban J connectivity index is 1.39. The van der Waals surface area contributed by atoms with Crippen molar-refractivity contribution >= 4 is 23.3 Å². The van der Waals surface area contributed by atoms with Crippen LogP contribution in [-0.2, 0) is 12.8 Å². The maximum Gasteiger partial charge on any atom is 0.254 e. The van der Waals surface area contributed by atoms with Crippen LogP contribution in [-0.4, -0.2) is 31.0 Å². The van der Waals surface area contributed by atoms with Crippen molar-refractivity contribution < 1.29 is 13.6 Å². The summed E-state index contributed by atoms with van der Waals surface area (Å²) in [5.41, 5.74) is 7.28. The van der Waals surface area contributed by atoms with Crippen LogP contribution in [0.15, 0.2) is 41.3 Å². The minimum absolute atomic E-state index is 0.0595. The number of rotatable bonds is 2. The summed E-state index contributed by atoms with van der Waals surface area (Å²) in [6.45, 7) is 0. The van der Waals surface area contributed by atoms with E-state index in [9.17, 15) is 14.0 Å². The average Bonchev–Trinajstić information content (AvgIpc) is 3.24. The number of hydrogen-bond acceptors (Lipinski definition) is 5. The zero-order chi connectivity index (χ0) is 26.3. The number of fused-ring (bicyclic) bond motifs is 5. The van der Waals surface area contributed by atoms with Gasteiger partial charge in [0.1, 0.15) is 17.5 Å². The highest BCUT2D eigenvalue weighted by Crippen LogP contribution is 2.46. The first-order valence-corrected chi connectivity index (χ1v) is 12.7. The molecule has 1 saturated carbocycles. The first-order valence-electron chi connectivity index (χ1n) is 12.3. The van der Waals surface area contributed by atoms with Crippen LogP contribution in [0.1, 0.15) is 52.7 Å². The highest BCUT2D eigenvalue weighted by atomic mass is 35.5. The van der Waals surface area contributed by atoms with Crippen molar-refractivity contribution in [2.75, 3.05) is 5.73 Å². The van der Waals surface area contributed by atoms with Gasteiger partial charge in [-0.2, -0.15) is 4.39 Å². The second-order valence-corrected chi connectivity index (χ2v) is 10.6. The van der Waals surface area contributed by atoms with E-state index in [-0.39, 0.29) is 44.6 Å². The van der Waals surface area contributed by atoms with Gasteiger partial charge in [0.15, 0.2) is 0 Å². The van der Waals surface area contributed by atoms with E-state index in [1.54, 1.807) is 6.07 Å². The summed E-state index contributed by atoms with van der Waals surface area (Å²) in [5, 5.41) is 3.09. The van der Waals surface area contributed by atoms with E-state index in [0.29, 0.717) is 42.0 Å². The normalized spacial score (nSPS) is 18.8. The predicted octanol–water partition coefficient (Wildman–Crippen LogP) is 4.17. The number of nitrogens with one attached hydrogen (secondary N) is 2. The Morgan fingerprint density at radius 2 is 1.92 bits per heavy atom. The van der Waals surface area contributed by atoms with E-state index in [2.05, 4.69) is 20.3 Å². The molecule has 0 radical (unpaired) electrons. The van der Waals surface area contributed by atoms with Gasteiger partial charge in [0.05, 0.1) is 34.1 Å². The molecule has 11 heteroatoms. The molecular weight excluding hydrogens is 514 g/mol. The number of carbonyl (C=O) groups is 1. The van der Waals surface area contributed by atoms with Crippen molar-refractivity contribution in [3.63, 3.8) is 0 Å². The third-order valence-electron chi connectivity index (χ3n) is 7.83. The minimum Gasteiger partial charge on any atom is -0.384 e. The van der Waals surface area contributed by atoms with Crippen LogP contribution in [0.2, 0.25) is 5.02 Å². The number of halogens is 3. The highest BCUT2D eigenvalue weighted by Gasteiger charge is 2.47. The standard InChI is InChI=1S/C27H21ClF2N6O2/c28-15-3-1-12-10-27(7-8-27)35-26(38)22-14(21(12)23(15)29)9-20(37)36-17(22)4-5-18(36)25-32-11-16(33-25)13-2-6-19(31)34-24(13)30/h1-3,6,9,11,18H,4-5,7-8,10H2,(H2,31,34)(H,32,33)(H,35,38)/t18-/m1/s1. The fourth-order valence-corrected chi connectivity index (χ4v) is 6.02. The van der Waals surface area contributed by atoms with E-state index < -0.39 is 23.3 Å². The molecule has 5 heterocycles. The van der Waals surface area contributed by atoms with E-state index in [1.165, 1.54) is 35.0 Å². The number of benzene rings is 1. The van der Waals surface area contributed by atoms with Crippen LogP contribution in [0.5, 0.6) is 0 Å². The predicted molar refractivity (Wildman–Crippen MR) is 137 cm³/mol. The molecule has 1 fully saturated rings. The molecule has 192 valence electrons. The molecule has 1 aliphatic carbocycles. The summed E-state index contributed by atoms with van der Waals surface area (Å²) in [6, 6.07) is 7.07. The maximum atomic E-state index is 15.5. The third kappa shape index (κ3) is 3.39. The SMILES string of the molecule is Nc1ccc(-c2cnc([C@H]3CCc4c5c(cc(=O)n43)-c3c(ccc(Cl)c3F)CC3(CC3)NC5=O)[nH]2)c(F)n1. The fourth-order valence-electron chi connectivity index (χ4n) is 5.86. The van der Waals surface area contributed by atoms with Crippen molar-refractivity contribution in [3.8, 4) is 22.4 Å². The molecule has 4 N–H and O–H groups in total. The topological polar surface area (TPSA) is 119 Å². The Bertz CT molecular complexity index is 1740. The van der Waals surface area contributed by atoms with Gasteiger partial charge in [0.25, 0.3) is 11.5 Å². The molecule has 0 unspecified atom stereocenters. The molecule has 8 nitrogen and oxygen atoms in total. The van der Waals surface area contributed by atoms with Crippen LogP contribution in [0.25, 0.3) is 22.4 Å². The molecule has 0 saturated heterocycles. The van der Waals surface area contributed by atoms with Gasteiger partial charge in [0.2, 0.25) is 5.95 Å². The molecule has 3 aromatic heterocycles. The van der Waals surface area contributed by atoms with E-state index in [1.807, 2.05) is 0 Å². The quantitative estimate of drug-likeness (QED) is 0.334. The van der Waals surface area contributed by atoms with Crippen LogP contribution < -0.4 is 16.6 Å². The van der Waals surface area contributed by atoms with Crippen molar-refractivity contribution in [1.29, 1.82) is 0 Å². The number of amides is 1. The van der Waals surface area contributed by atoms with E-state index in [4.69, 9.17) is 17.3 Å². The second-order valence-electron chi connectivity index (χ2n) is 10.2. The molecule has 1 amide bonds. The number of pyridine rings is 2. The zero-order valence-corrected chi connectivity index (χ0v) is 20.7. The van der Waals surface area contributed by atoms with Crippen molar-refractivity contribution in [2.45, 2.75) is 43.7 Å². The molecule has 38 heavy (non-hydrogen) atoms. The van der Waals surface area contributed by atoms with Gasteiger partial charge in [-0.05, 0) is 55.9 Å². The molecule has 7 rings (SSSR count). The maximum absolute atomic E-state index is 15.5. The van der Waals surface area contributed by atoms with Crippen molar-refractivity contribution in [3.05, 3.63) is 86.3 Å². The Morgan fingerprint density at radius 3 is 2.68 bits per heavy atom.